The monoisotopic (exact) mass is 243 g/mol. The number of hydrogen-bond donors (Lipinski definition) is 2. The molecule has 0 spiro atoms. The molecule has 0 aromatic rings. The van der Waals surface area contributed by atoms with Gasteiger partial charge in [-0.05, 0) is 38.5 Å². The molecule has 1 fully saturated rings. The smallest absolute Gasteiger partial charge is 0.323 e. The number of carboxylic acid groups (broad SMARTS) is 1. The Morgan fingerprint density at radius 2 is 2.06 bits per heavy atom. The fourth-order valence-electron chi connectivity index (χ4n) is 2.70. The lowest BCUT2D eigenvalue weighted by Crippen LogP contribution is -2.56. The van der Waals surface area contributed by atoms with Crippen molar-refractivity contribution in [2.75, 3.05) is 7.11 Å². The van der Waals surface area contributed by atoms with Gasteiger partial charge < -0.3 is 9.84 Å². The van der Waals surface area contributed by atoms with E-state index in [4.69, 9.17) is 4.74 Å². The number of hydrogen-bond acceptors (Lipinski definition) is 3. The molecule has 0 aromatic heterocycles. The van der Waals surface area contributed by atoms with Gasteiger partial charge >= 0.3 is 5.97 Å². The highest BCUT2D eigenvalue weighted by molar-refractivity contribution is 5.78. The molecule has 17 heavy (non-hydrogen) atoms. The van der Waals surface area contributed by atoms with Crippen LogP contribution in [0.25, 0.3) is 0 Å². The van der Waals surface area contributed by atoms with Crippen molar-refractivity contribution < 1.29 is 14.6 Å². The second kappa shape index (κ2) is 6.36. The minimum Gasteiger partial charge on any atom is -0.480 e. The molecule has 0 amide bonds. The number of rotatable bonds is 6. The topological polar surface area (TPSA) is 58.6 Å². The lowest BCUT2D eigenvalue weighted by molar-refractivity contribution is -0.146. The lowest BCUT2D eigenvalue weighted by atomic mass is 9.87. The van der Waals surface area contributed by atoms with Gasteiger partial charge in [0.2, 0.25) is 0 Å². The van der Waals surface area contributed by atoms with Crippen LogP contribution in [-0.2, 0) is 9.53 Å². The Bertz CT molecular complexity index is 251. The van der Waals surface area contributed by atoms with Crippen molar-refractivity contribution in [3.8, 4) is 0 Å². The molecule has 0 heterocycles. The maximum Gasteiger partial charge on any atom is 0.323 e. The molecule has 2 N–H and O–H groups in total. The molecule has 0 saturated heterocycles. The Balaban J connectivity index is 2.63. The molecule has 4 nitrogen and oxygen atoms in total. The van der Waals surface area contributed by atoms with Gasteiger partial charge in [0.1, 0.15) is 5.54 Å². The molecule has 1 aliphatic carbocycles. The van der Waals surface area contributed by atoms with E-state index in [1.807, 2.05) is 13.8 Å². The Kier molecular flexibility index (Phi) is 5.40. The Labute approximate surface area is 104 Å². The van der Waals surface area contributed by atoms with E-state index in [2.05, 4.69) is 5.32 Å². The van der Waals surface area contributed by atoms with Crippen LogP contribution in [0.2, 0.25) is 0 Å². The van der Waals surface area contributed by atoms with Gasteiger partial charge in [-0.2, -0.15) is 0 Å². The quantitative estimate of drug-likeness (QED) is 0.750. The minimum absolute atomic E-state index is 0.268. The van der Waals surface area contributed by atoms with Crippen molar-refractivity contribution in [3.63, 3.8) is 0 Å². The molecular formula is C13H25NO3. The molecule has 100 valence electrons. The van der Waals surface area contributed by atoms with Crippen molar-refractivity contribution in [2.45, 2.75) is 70.1 Å². The highest BCUT2D eigenvalue weighted by atomic mass is 16.5. The maximum absolute atomic E-state index is 11.4. The molecule has 0 aliphatic heterocycles. The second-order valence-electron chi connectivity index (χ2n) is 4.96. The summed E-state index contributed by atoms with van der Waals surface area (Å²) in [6.45, 7) is 3.86. The Hall–Kier alpha value is -0.610. The zero-order valence-corrected chi connectivity index (χ0v) is 11.2. The van der Waals surface area contributed by atoms with Crippen LogP contribution in [0.5, 0.6) is 0 Å². The molecule has 1 saturated carbocycles. The average molecular weight is 243 g/mol. The Morgan fingerprint density at radius 1 is 1.41 bits per heavy atom. The van der Waals surface area contributed by atoms with Gasteiger partial charge in [0.15, 0.2) is 0 Å². The van der Waals surface area contributed by atoms with Gasteiger partial charge in [-0.1, -0.05) is 13.8 Å². The molecule has 2 atom stereocenters. The van der Waals surface area contributed by atoms with Crippen LogP contribution in [0, 0.1) is 0 Å². The van der Waals surface area contributed by atoms with E-state index >= 15 is 0 Å². The molecule has 4 heteroatoms. The van der Waals surface area contributed by atoms with E-state index in [1.165, 1.54) is 0 Å². The summed E-state index contributed by atoms with van der Waals surface area (Å²) in [4.78, 5) is 11.4. The Morgan fingerprint density at radius 3 is 2.53 bits per heavy atom. The normalized spacial score (nSPS) is 25.8. The number of aliphatic carboxylic acids is 1. The first-order chi connectivity index (χ1) is 8.07. The highest BCUT2D eigenvalue weighted by Gasteiger charge is 2.37. The fraction of sp³-hybridized carbons (Fsp3) is 0.923. The standard InChI is InChI=1S/C13H25NO3/c1-4-13(5-2,12(15)16)14-10-7-6-8-11(9-10)17-3/h10-11,14H,4-9H2,1-3H3,(H,15,16). The van der Waals surface area contributed by atoms with E-state index in [9.17, 15) is 9.90 Å². The van der Waals surface area contributed by atoms with Gasteiger partial charge in [-0.15, -0.1) is 0 Å². The van der Waals surface area contributed by atoms with Crippen molar-refractivity contribution in [2.24, 2.45) is 0 Å². The lowest BCUT2D eigenvalue weighted by Gasteiger charge is -2.37. The van der Waals surface area contributed by atoms with Crippen molar-refractivity contribution in [1.82, 2.24) is 5.32 Å². The predicted molar refractivity (Wildman–Crippen MR) is 67.1 cm³/mol. The largest absolute Gasteiger partial charge is 0.480 e. The van der Waals surface area contributed by atoms with E-state index < -0.39 is 11.5 Å². The van der Waals surface area contributed by atoms with Crippen molar-refractivity contribution >= 4 is 5.97 Å². The number of carbonyl (C=O) groups is 1. The van der Waals surface area contributed by atoms with Gasteiger partial charge in [0.05, 0.1) is 6.10 Å². The molecular weight excluding hydrogens is 218 g/mol. The highest BCUT2D eigenvalue weighted by Crippen LogP contribution is 2.25. The third-order valence-corrected chi connectivity index (χ3v) is 4.06. The van der Waals surface area contributed by atoms with Crippen LogP contribution < -0.4 is 5.32 Å². The van der Waals surface area contributed by atoms with Crippen LogP contribution >= 0.6 is 0 Å². The predicted octanol–water partition coefficient (Wildman–Crippen LogP) is 2.18. The van der Waals surface area contributed by atoms with E-state index in [-0.39, 0.29) is 12.1 Å². The molecule has 0 aromatic carbocycles. The summed E-state index contributed by atoms with van der Waals surface area (Å²) in [5.74, 6) is -0.734. The van der Waals surface area contributed by atoms with Crippen LogP contribution in [0.4, 0.5) is 0 Å². The number of ether oxygens (including phenoxy) is 1. The summed E-state index contributed by atoms with van der Waals surface area (Å²) in [6.07, 6.45) is 5.69. The molecule has 2 unspecified atom stereocenters. The zero-order valence-electron chi connectivity index (χ0n) is 11.2. The number of methoxy groups -OCH3 is 1. The van der Waals surface area contributed by atoms with Gasteiger partial charge in [-0.3, -0.25) is 10.1 Å². The first kappa shape index (κ1) is 14.5. The van der Waals surface area contributed by atoms with Crippen LogP contribution in [0.15, 0.2) is 0 Å². The summed E-state index contributed by atoms with van der Waals surface area (Å²) in [6, 6.07) is 0.268. The minimum atomic E-state index is -0.764. The third-order valence-electron chi connectivity index (χ3n) is 4.06. The third kappa shape index (κ3) is 3.42. The molecule has 1 aliphatic rings. The van der Waals surface area contributed by atoms with Gasteiger partial charge in [-0.25, -0.2) is 0 Å². The first-order valence-electron chi connectivity index (χ1n) is 6.61. The van der Waals surface area contributed by atoms with Crippen LogP contribution in [-0.4, -0.2) is 35.9 Å². The van der Waals surface area contributed by atoms with Gasteiger partial charge in [0.25, 0.3) is 0 Å². The SMILES string of the molecule is CCC(CC)(NC1CCCC(OC)C1)C(=O)O. The molecule has 0 radical (unpaired) electrons. The van der Waals surface area contributed by atoms with E-state index in [0.717, 1.165) is 25.7 Å². The zero-order chi connectivity index (χ0) is 12.9. The molecule has 1 rings (SSSR count). The summed E-state index contributed by atoms with van der Waals surface area (Å²) >= 11 is 0. The summed E-state index contributed by atoms with van der Waals surface area (Å²) < 4.78 is 5.38. The average Bonchev–Trinajstić information content (AvgIpc) is 2.36. The first-order valence-corrected chi connectivity index (χ1v) is 6.61. The summed E-state index contributed by atoms with van der Waals surface area (Å²) in [5.41, 5.74) is -0.764. The van der Waals surface area contributed by atoms with E-state index in [1.54, 1.807) is 7.11 Å². The fourth-order valence-corrected chi connectivity index (χ4v) is 2.70. The van der Waals surface area contributed by atoms with Crippen molar-refractivity contribution in [3.05, 3.63) is 0 Å². The van der Waals surface area contributed by atoms with E-state index in [0.29, 0.717) is 12.8 Å². The van der Waals surface area contributed by atoms with Crippen LogP contribution in [0.3, 0.4) is 0 Å². The van der Waals surface area contributed by atoms with Crippen LogP contribution in [0.1, 0.15) is 52.4 Å². The van der Waals surface area contributed by atoms with Crippen molar-refractivity contribution in [1.29, 1.82) is 0 Å². The number of nitrogens with one attached hydrogen (secondary N) is 1. The van der Waals surface area contributed by atoms with Gasteiger partial charge in [0, 0.05) is 13.2 Å². The molecule has 0 bridgehead atoms. The maximum atomic E-state index is 11.4. The number of carboxylic acids is 1. The summed E-state index contributed by atoms with van der Waals surface area (Å²) in [7, 11) is 1.73. The second-order valence-corrected chi connectivity index (χ2v) is 4.96. The summed E-state index contributed by atoms with van der Waals surface area (Å²) in [5, 5.41) is 12.7.